The number of hydrogen-bond donors (Lipinski definition) is 1. The third-order valence-electron chi connectivity index (χ3n) is 4.05. The zero-order chi connectivity index (χ0) is 19.2. The van der Waals surface area contributed by atoms with Crippen molar-refractivity contribution < 1.29 is 9.53 Å². The lowest BCUT2D eigenvalue weighted by Gasteiger charge is -2.33. The number of tetrazole rings is 1. The molecular formula is C16H20Cl2N6O2S. The summed E-state index contributed by atoms with van der Waals surface area (Å²) >= 11 is 13.3. The fourth-order valence-corrected chi connectivity index (χ4v) is 3.70. The molecule has 1 aromatic carbocycles. The first-order valence-corrected chi connectivity index (χ1v) is 10.1. The maximum atomic E-state index is 12.0. The molecule has 1 unspecified atom stereocenters. The van der Waals surface area contributed by atoms with E-state index in [0.717, 1.165) is 25.2 Å². The molecule has 1 atom stereocenters. The predicted octanol–water partition coefficient (Wildman–Crippen LogP) is 1.63. The number of halogens is 2. The summed E-state index contributed by atoms with van der Waals surface area (Å²) < 4.78 is 7.29. The van der Waals surface area contributed by atoms with E-state index in [0.29, 0.717) is 28.4 Å². The Labute approximate surface area is 171 Å². The third-order valence-corrected chi connectivity index (χ3v) is 5.80. The zero-order valence-electron chi connectivity index (χ0n) is 14.8. The number of benzene rings is 1. The number of rotatable bonds is 7. The van der Waals surface area contributed by atoms with E-state index in [1.807, 2.05) is 18.2 Å². The second-order valence-corrected chi connectivity index (χ2v) is 7.91. The highest BCUT2D eigenvalue weighted by Gasteiger charge is 2.21. The Morgan fingerprint density at radius 3 is 3.00 bits per heavy atom. The van der Waals surface area contributed by atoms with Gasteiger partial charge in [-0.25, -0.2) is 4.68 Å². The number of carbonyl (C=O) groups is 1. The number of carbonyl (C=O) groups excluding carboxylic acids is 1. The molecule has 1 aromatic heterocycles. The Bertz CT molecular complexity index is 790. The Morgan fingerprint density at radius 1 is 1.41 bits per heavy atom. The maximum Gasteiger partial charge on any atom is 0.230 e. The molecule has 0 saturated carbocycles. The number of morpholine rings is 1. The van der Waals surface area contributed by atoms with Gasteiger partial charge < -0.3 is 10.1 Å². The first kappa shape index (κ1) is 20.3. The largest absolute Gasteiger partial charge is 0.374 e. The molecule has 0 bridgehead atoms. The van der Waals surface area contributed by atoms with Gasteiger partial charge in [-0.1, -0.05) is 41.0 Å². The minimum absolute atomic E-state index is 0.0491. The van der Waals surface area contributed by atoms with Crippen LogP contribution in [-0.2, 0) is 23.1 Å². The molecule has 27 heavy (non-hydrogen) atoms. The van der Waals surface area contributed by atoms with Gasteiger partial charge in [-0.3, -0.25) is 9.69 Å². The molecule has 8 nitrogen and oxygen atoms in total. The summed E-state index contributed by atoms with van der Waals surface area (Å²) in [7, 11) is 1.73. The van der Waals surface area contributed by atoms with Gasteiger partial charge in [0.05, 0.1) is 28.5 Å². The van der Waals surface area contributed by atoms with Crippen LogP contribution < -0.4 is 5.32 Å². The van der Waals surface area contributed by atoms with Crippen LogP contribution in [-0.4, -0.2) is 69.1 Å². The molecule has 1 amide bonds. The molecule has 1 aliphatic heterocycles. The normalized spacial score (nSPS) is 17.8. The molecule has 0 spiro atoms. The highest BCUT2D eigenvalue weighted by Crippen LogP contribution is 2.23. The summed E-state index contributed by atoms with van der Waals surface area (Å²) in [6.45, 7) is 3.43. The molecule has 1 aliphatic rings. The van der Waals surface area contributed by atoms with Crippen LogP contribution in [0.3, 0.4) is 0 Å². The molecule has 3 rings (SSSR count). The van der Waals surface area contributed by atoms with Crippen molar-refractivity contribution in [1.82, 2.24) is 30.4 Å². The molecule has 1 N–H and O–H groups in total. The molecule has 11 heteroatoms. The summed E-state index contributed by atoms with van der Waals surface area (Å²) in [6.07, 6.45) is -0.0491. The van der Waals surface area contributed by atoms with Gasteiger partial charge in [0.25, 0.3) is 0 Å². The van der Waals surface area contributed by atoms with E-state index in [1.54, 1.807) is 7.05 Å². The molecule has 0 aliphatic carbocycles. The zero-order valence-corrected chi connectivity index (χ0v) is 17.1. The van der Waals surface area contributed by atoms with Gasteiger partial charge in [-0.05, 0) is 28.1 Å². The fourth-order valence-electron chi connectivity index (χ4n) is 2.70. The molecule has 0 radical (unpaired) electrons. The maximum absolute atomic E-state index is 12.0. The average molecular weight is 431 g/mol. The summed E-state index contributed by atoms with van der Waals surface area (Å²) in [5.41, 5.74) is 1.10. The summed E-state index contributed by atoms with van der Waals surface area (Å²) in [5, 5.41) is 15.7. The standard InChI is InChI=1S/C16H20Cl2N6O2S/c1-23-16(20-21-22-23)27-10-15(25)19-7-12-9-24(4-5-26-12)8-11-2-3-13(17)14(18)6-11/h2-3,6,12H,4-5,7-10H2,1H3,(H,19,25). The Hall–Kier alpha value is -1.39. The van der Waals surface area contributed by atoms with E-state index in [-0.39, 0.29) is 17.8 Å². The summed E-state index contributed by atoms with van der Waals surface area (Å²) in [4.78, 5) is 14.3. The van der Waals surface area contributed by atoms with Crippen molar-refractivity contribution in [3.63, 3.8) is 0 Å². The van der Waals surface area contributed by atoms with Gasteiger partial charge in [0, 0.05) is 33.2 Å². The lowest BCUT2D eigenvalue weighted by atomic mass is 10.2. The van der Waals surface area contributed by atoms with Gasteiger partial charge in [-0.15, -0.1) is 5.10 Å². The lowest BCUT2D eigenvalue weighted by molar-refractivity contribution is -0.119. The predicted molar refractivity (Wildman–Crippen MR) is 104 cm³/mol. The minimum atomic E-state index is -0.0757. The molecular weight excluding hydrogens is 411 g/mol. The van der Waals surface area contributed by atoms with Crippen molar-refractivity contribution in [2.75, 3.05) is 32.0 Å². The smallest absolute Gasteiger partial charge is 0.230 e. The third kappa shape index (κ3) is 6.05. The first-order valence-electron chi connectivity index (χ1n) is 8.41. The Morgan fingerprint density at radius 2 is 2.26 bits per heavy atom. The van der Waals surface area contributed by atoms with Crippen molar-refractivity contribution in [3.8, 4) is 0 Å². The Kier molecular flexibility index (Phi) is 7.31. The minimum Gasteiger partial charge on any atom is -0.374 e. The van der Waals surface area contributed by atoms with Crippen molar-refractivity contribution in [1.29, 1.82) is 0 Å². The highest BCUT2D eigenvalue weighted by atomic mass is 35.5. The van der Waals surface area contributed by atoms with Gasteiger partial charge in [0.1, 0.15) is 0 Å². The van der Waals surface area contributed by atoms with Gasteiger partial charge in [0.15, 0.2) is 0 Å². The molecule has 2 aromatic rings. The lowest BCUT2D eigenvalue weighted by Crippen LogP contribution is -2.47. The number of nitrogens with one attached hydrogen (secondary N) is 1. The van der Waals surface area contributed by atoms with Crippen molar-refractivity contribution >= 4 is 40.9 Å². The second kappa shape index (κ2) is 9.70. The Balaban J connectivity index is 1.42. The van der Waals surface area contributed by atoms with Crippen LogP contribution in [0.15, 0.2) is 23.4 Å². The number of thioether (sulfide) groups is 1. The monoisotopic (exact) mass is 430 g/mol. The highest BCUT2D eigenvalue weighted by molar-refractivity contribution is 7.99. The second-order valence-electron chi connectivity index (χ2n) is 6.15. The average Bonchev–Trinajstić information content (AvgIpc) is 3.06. The van der Waals surface area contributed by atoms with Crippen LogP contribution in [0.5, 0.6) is 0 Å². The van der Waals surface area contributed by atoms with Crippen LogP contribution in [0.1, 0.15) is 5.56 Å². The van der Waals surface area contributed by atoms with Gasteiger partial charge >= 0.3 is 0 Å². The van der Waals surface area contributed by atoms with Crippen LogP contribution in [0.4, 0.5) is 0 Å². The fraction of sp³-hybridized carbons (Fsp3) is 0.500. The number of aromatic nitrogens is 4. The van der Waals surface area contributed by atoms with E-state index >= 15 is 0 Å². The number of hydrogen-bond acceptors (Lipinski definition) is 7. The van der Waals surface area contributed by atoms with Gasteiger partial charge in [-0.2, -0.15) is 0 Å². The molecule has 146 valence electrons. The quantitative estimate of drug-likeness (QED) is 0.667. The van der Waals surface area contributed by atoms with Crippen LogP contribution >= 0.6 is 35.0 Å². The van der Waals surface area contributed by atoms with E-state index in [4.69, 9.17) is 27.9 Å². The van der Waals surface area contributed by atoms with E-state index < -0.39 is 0 Å². The van der Waals surface area contributed by atoms with E-state index in [1.165, 1.54) is 16.4 Å². The summed E-state index contributed by atoms with van der Waals surface area (Å²) in [6, 6.07) is 5.66. The van der Waals surface area contributed by atoms with E-state index in [2.05, 4.69) is 25.7 Å². The summed E-state index contributed by atoms with van der Waals surface area (Å²) in [5.74, 6) is 0.182. The number of ether oxygens (including phenoxy) is 1. The van der Waals surface area contributed by atoms with Crippen molar-refractivity contribution in [3.05, 3.63) is 33.8 Å². The van der Waals surface area contributed by atoms with Crippen LogP contribution in [0, 0.1) is 0 Å². The van der Waals surface area contributed by atoms with Crippen molar-refractivity contribution in [2.24, 2.45) is 7.05 Å². The number of aryl methyl sites for hydroxylation is 1. The molecule has 2 heterocycles. The van der Waals surface area contributed by atoms with Crippen LogP contribution in [0.2, 0.25) is 10.0 Å². The van der Waals surface area contributed by atoms with Gasteiger partial charge in [0.2, 0.25) is 11.1 Å². The van der Waals surface area contributed by atoms with Crippen molar-refractivity contribution in [2.45, 2.75) is 17.8 Å². The topological polar surface area (TPSA) is 85.2 Å². The first-order chi connectivity index (χ1) is 13.0. The number of nitrogens with zero attached hydrogens (tertiary/aromatic N) is 5. The van der Waals surface area contributed by atoms with E-state index in [9.17, 15) is 4.79 Å². The molecule has 1 fully saturated rings. The molecule has 1 saturated heterocycles. The SMILES string of the molecule is Cn1nnnc1SCC(=O)NCC1CN(Cc2ccc(Cl)c(Cl)c2)CCO1. The number of amides is 1. The van der Waals surface area contributed by atoms with Crippen LogP contribution in [0.25, 0.3) is 0 Å².